The summed E-state index contributed by atoms with van der Waals surface area (Å²) in [5, 5.41) is 9.88. The topological polar surface area (TPSA) is 88.2 Å². The third-order valence-electron chi connectivity index (χ3n) is 1.67. The maximum Gasteiger partial charge on any atom is 0.408 e. The highest BCUT2D eigenvalue weighted by atomic mass is 16.6. The van der Waals surface area contributed by atoms with Gasteiger partial charge >= 0.3 is 6.09 Å². The molecule has 0 radical (unpaired) electrons. The summed E-state index contributed by atoms with van der Waals surface area (Å²) in [4.78, 5) is 11.4. The second-order valence-corrected chi connectivity index (χ2v) is 4.82. The zero-order valence-electron chi connectivity index (χ0n) is 10.0. The van der Waals surface area contributed by atoms with Crippen LogP contribution in [0.2, 0.25) is 0 Å². The minimum atomic E-state index is -0.545. The van der Waals surface area contributed by atoms with E-state index in [0.29, 0.717) is 0 Å². The summed E-state index contributed by atoms with van der Waals surface area (Å²) in [5.74, 6) is 0.00544. The first-order valence-electron chi connectivity index (χ1n) is 4.97. The van der Waals surface area contributed by atoms with Gasteiger partial charge in [-0.2, -0.15) is 0 Å². The van der Waals surface area contributed by atoms with E-state index in [9.17, 15) is 4.79 Å². The van der Waals surface area contributed by atoms with Crippen LogP contribution in [-0.4, -0.2) is 23.6 Å². The molecule has 4 N–H and O–H groups in total. The van der Waals surface area contributed by atoms with Gasteiger partial charge in [0, 0.05) is 0 Å². The normalized spacial score (nSPS) is 13.5. The Morgan fingerprint density at radius 3 is 2.13 bits per heavy atom. The maximum absolute atomic E-state index is 11.4. The van der Waals surface area contributed by atoms with E-state index in [1.54, 1.807) is 20.8 Å². The number of ether oxygens (including phenoxy) is 1. The molecule has 0 aromatic rings. The molecule has 0 heterocycles. The molecule has 1 atom stereocenters. The van der Waals surface area contributed by atoms with Crippen molar-refractivity contribution in [1.29, 1.82) is 5.41 Å². The number of amides is 1. The Hall–Kier alpha value is -1.26. The van der Waals surface area contributed by atoms with Crippen molar-refractivity contribution in [3.05, 3.63) is 0 Å². The van der Waals surface area contributed by atoms with Crippen LogP contribution in [0.25, 0.3) is 0 Å². The Balaban J connectivity index is 4.31. The van der Waals surface area contributed by atoms with Crippen molar-refractivity contribution in [2.24, 2.45) is 11.7 Å². The van der Waals surface area contributed by atoms with Crippen molar-refractivity contribution in [2.75, 3.05) is 0 Å². The number of nitrogens with one attached hydrogen (secondary N) is 2. The summed E-state index contributed by atoms with van der Waals surface area (Å²) in [7, 11) is 0. The average molecular weight is 215 g/mol. The second-order valence-electron chi connectivity index (χ2n) is 4.82. The molecule has 0 fully saturated rings. The maximum atomic E-state index is 11.4. The molecular weight excluding hydrogens is 194 g/mol. The summed E-state index contributed by atoms with van der Waals surface area (Å²) in [5.41, 5.74) is 4.82. The molecule has 0 aliphatic heterocycles. The first-order chi connectivity index (χ1) is 6.63. The van der Waals surface area contributed by atoms with Gasteiger partial charge in [0.25, 0.3) is 0 Å². The van der Waals surface area contributed by atoms with Gasteiger partial charge in [0.1, 0.15) is 11.4 Å². The van der Waals surface area contributed by atoms with E-state index < -0.39 is 17.7 Å². The highest BCUT2D eigenvalue weighted by molar-refractivity contribution is 5.86. The highest BCUT2D eigenvalue weighted by Gasteiger charge is 2.22. The van der Waals surface area contributed by atoms with Gasteiger partial charge in [0.15, 0.2) is 0 Å². The van der Waals surface area contributed by atoms with E-state index in [1.165, 1.54) is 0 Å². The smallest absolute Gasteiger partial charge is 0.408 e. The predicted octanol–water partition coefficient (Wildman–Crippen LogP) is 1.47. The monoisotopic (exact) mass is 215 g/mol. The Kier molecular flexibility index (Phi) is 4.58. The summed E-state index contributed by atoms with van der Waals surface area (Å²) in [6.07, 6.45) is -0.545. The van der Waals surface area contributed by atoms with Crippen LogP contribution < -0.4 is 11.1 Å². The van der Waals surface area contributed by atoms with Crippen molar-refractivity contribution >= 4 is 11.9 Å². The lowest BCUT2D eigenvalue weighted by molar-refractivity contribution is 0.0508. The molecule has 0 saturated heterocycles. The molecule has 88 valence electrons. The van der Waals surface area contributed by atoms with E-state index in [4.69, 9.17) is 15.9 Å². The number of hydrogen-bond donors (Lipinski definition) is 3. The first kappa shape index (κ1) is 13.7. The SMILES string of the molecule is CC(C)C(NC(=O)OC(C)(C)C)C(=N)N. The number of rotatable bonds is 3. The molecule has 15 heavy (non-hydrogen) atoms. The van der Waals surface area contributed by atoms with Crippen molar-refractivity contribution < 1.29 is 9.53 Å². The fourth-order valence-electron chi connectivity index (χ4n) is 1.04. The minimum Gasteiger partial charge on any atom is -0.444 e. The van der Waals surface area contributed by atoms with Gasteiger partial charge in [0.05, 0.1) is 6.04 Å². The first-order valence-corrected chi connectivity index (χ1v) is 4.97. The minimum absolute atomic E-state index is 0.0594. The molecule has 1 unspecified atom stereocenters. The molecule has 0 rings (SSSR count). The summed E-state index contributed by atoms with van der Waals surface area (Å²) in [6, 6.07) is -0.472. The van der Waals surface area contributed by atoms with Crippen LogP contribution in [0.5, 0.6) is 0 Å². The number of carbonyl (C=O) groups is 1. The predicted molar refractivity (Wildman–Crippen MR) is 59.9 cm³/mol. The Morgan fingerprint density at radius 1 is 1.40 bits per heavy atom. The lowest BCUT2D eigenvalue weighted by Crippen LogP contribution is -2.48. The quantitative estimate of drug-likeness (QED) is 0.492. The van der Waals surface area contributed by atoms with Gasteiger partial charge in [-0.1, -0.05) is 13.8 Å². The summed E-state index contributed by atoms with van der Waals surface area (Å²) in [6.45, 7) is 9.10. The third-order valence-corrected chi connectivity index (χ3v) is 1.67. The molecule has 0 bridgehead atoms. The van der Waals surface area contributed by atoms with Crippen LogP contribution in [-0.2, 0) is 4.74 Å². The fourth-order valence-corrected chi connectivity index (χ4v) is 1.04. The Labute approximate surface area is 90.9 Å². The number of amidine groups is 1. The van der Waals surface area contributed by atoms with Gasteiger partial charge in [-0.3, -0.25) is 5.41 Å². The third kappa shape index (κ3) is 5.93. The zero-order valence-corrected chi connectivity index (χ0v) is 10.0. The van der Waals surface area contributed by atoms with Crippen molar-refractivity contribution in [1.82, 2.24) is 5.32 Å². The average Bonchev–Trinajstić information content (AvgIpc) is 1.95. The van der Waals surface area contributed by atoms with Crippen molar-refractivity contribution in [3.63, 3.8) is 0 Å². The lowest BCUT2D eigenvalue weighted by Gasteiger charge is -2.24. The molecule has 5 heteroatoms. The van der Waals surface area contributed by atoms with Crippen LogP contribution in [0.4, 0.5) is 4.79 Å². The van der Waals surface area contributed by atoms with E-state index >= 15 is 0 Å². The van der Waals surface area contributed by atoms with E-state index in [2.05, 4.69) is 5.32 Å². The van der Waals surface area contributed by atoms with Crippen LogP contribution in [0.15, 0.2) is 0 Å². The molecule has 5 nitrogen and oxygen atoms in total. The molecular formula is C10H21N3O2. The van der Waals surface area contributed by atoms with Gasteiger partial charge in [-0.25, -0.2) is 4.79 Å². The largest absolute Gasteiger partial charge is 0.444 e. The van der Waals surface area contributed by atoms with Gasteiger partial charge in [0.2, 0.25) is 0 Å². The number of nitrogens with two attached hydrogens (primary N) is 1. The zero-order chi connectivity index (χ0) is 12.2. The molecule has 0 saturated carbocycles. The number of carbonyl (C=O) groups excluding carboxylic acids is 1. The highest BCUT2D eigenvalue weighted by Crippen LogP contribution is 2.08. The van der Waals surface area contributed by atoms with Crippen molar-refractivity contribution in [3.8, 4) is 0 Å². The molecule has 0 aromatic heterocycles. The van der Waals surface area contributed by atoms with Gasteiger partial charge in [-0.05, 0) is 26.7 Å². The van der Waals surface area contributed by atoms with E-state index in [1.807, 2.05) is 13.8 Å². The lowest BCUT2D eigenvalue weighted by atomic mass is 10.0. The Morgan fingerprint density at radius 2 is 1.87 bits per heavy atom. The van der Waals surface area contributed by atoms with Crippen LogP contribution in [0.1, 0.15) is 34.6 Å². The van der Waals surface area contributed by atoms with E-state index in [0.717, 1.165) is 0 Å². The second kappa shape index (κ2) is 5.00. The fraction of sp³-hybridized carbons (Fsp3) is 0.800. The van der Waals surface area contributed by atoms with Crippen LogP contribution in [0.3, 0.4) is 0 Å². The van der Waals surface area contributed by atoms with Crippen LogP contribution >= 0.6 is 0 Å². The summed E-state index contributed by atoms with van der Waals surface area (Å²) >= 11 is 0. The van der Waals surface area contributed by atoms with Gasteiger partial charge in [-0.15, -0.1) is 0 Å². The number of alkyl carbamates (subject to hydrolysis) is 1. The van der Waals surface area contributed by atoms with E-state index in [-0.39, 0.29) is 11.8 Å². The molecule has 1 amide bonds. The molecule has 0 aliphatic carbocycles. The number of hydrogen-bond acceptors (Lipinski definition) is 3. The summed E-state index contributed by atoms with van der Waals surface area (Å²) < 4.78 is 5.07. The Bertz CT molecular complexity index is 244. The molecule has 0 aliphatic rings. The molecule has 0 aromatic carbocycles. The standard InChI is InChI=1S/C10H21N3O2/c1-6(2)7(8(11)12)13-9(14)15-10(3,4)5/h6-7H,1-5H3,(H3,11,12)(H,13,14). The van der Waals surface area contributed by atoms with Crippen molar-refractivity contribution in [2.45, 2.75) is 46.3 Å². The van der Waals surface area contributed by atoms with Gasteiger partial charge < -0.3 is 15.8 Å². The molecule has 0 spiro atoms. The van der Waals surface area contributed by atoms with Crippen LogP contribution in [0, 0.1) is 11.3 Å².